The van der Waals surface area contributed by atoms with Gasteiger partial charge in [-0.1, -0.05) is 6.07 Å². The van der Waals surface area contributed by atoms with Gasteiger partial charge in [0, 0.05) is 42.6 Å². The van der Waals surface area contributed by atoms with Crippen molar-refractivity contribution in [3.8, 4) is 17.2 Å². The molecule has 0 aliphatic carbocycles. The van der Waals surface area contributed by atoms with Crippen LogP contribution in [0.4, 0.5) is 10.7 Å². The Morgan fingerprint density at radius 1 is 1.05 bits per heavy atom. The van der Waals surface area contributed by atoms with Crippen LogP contribution in [-0.4, -0.2) is 70.6 Å². The van der Waals surface area contributed by atoms with E-state index in [9.17, 15) is 4.79 Å². The van der Waals surface area contributed by atoms with E-state index in [4.69, 9.17) is 34.0 Å². The Balaban J connectivity index is 1.50. The normalized spacial score (nSPS) is 15.5. The fraction of sp³-hybridized carbons (Fsp3) is 0.429. The summed E-state index contributed by atoms with van der Waals surface area (Å²) in [4.78, 5) is 24.2. The van der Waals surface area contributed by atoms with Gasteiger partial charge in [0.05, 0.1) is 21.3 Å². The van der Waals surface area contributed by atoms with Crippen LogP contribution in [0.1, 0.15) is 44.5 Å². The Hall–Kier alpha value is -4.28. The number of hydrogen-bond acceptors (Lipinski definition) is 9. The summed E-state index contributed by atoms with van der Waals surface area (Å²) in [7, 11) is 4.87. The first-order chi connectivity index (χ1) is 18.7. The molecule has 11 nitrogen and oxygen atoms in total. The summed E-state index contributed by atoms with van der Waals surface area (Å²) in [6.07, 6.45) is 0.429. The number of rotatable bonds is 7. The molecule has 1 atom stereocenters. The Kier molecular flexibility index (Phi) is 7.07. The minimum absolute atomic E-state index is 0.0207. The number of aromatic nitrogens is 4. The maximum atomic E-state index is 12.6. The largest absolute Gasteiger partial charge is 0.497 e. The van der Waals surface area contributed by atoms with Crippen LogP contribution >= 0.6 is 0 Å². The quantitative estimate of drug-likeness (QED) is 0.362. The van der Waals surface area contributed by atoms with Gasteiger partial charge in [-0.05, 0) is 51.5 Å². The van der Waals surface area contributed by atoms with Gasteiger partial charge in [0.15, 0.2) is 11.5 Å². The number of amides is 1. The van der Waals surface area contributed by atoms with Crippen molar-refractivity contribution in [3.05, 3.63) is 47.8 Å². The van der Waals surface area contributed by atoms with Gasteiger partial charge < -0.3 is 29.2 Å². The predicted octanol–water partition coefficient (Wildman–Crippen LogP) is 4.64. The number of methoxy groups -OCH3 is 3. The number of hydrogen-bond donors (Lipinski definition) is 1. The third kappa shape index (κ3) is 5.34. The summed E-state index contributed by atoms with van der Waals surface area (Å²) in [6.45, 7) is 7.11. The van der Waals surface area contributed by atoms with Crippen LogP contribution in [-0.2, 0) is 11.3 Å². The van der Waals surface area contributed by atoms with E-state index < -0.39 is 5.60 Å². The molecule has 206 valence electrons. The number of nitrogens with one attached hydrogen (secondary N) is 1. The van der Waals surface area contributed by atoms with Crippen molar-refractivity contribution in [2.75, 3.05) is 39.7 Å². The van der Waals surface area contributed by atoms with Crippen molar-refractivity contribution >= 4 is 28.6 Å². The third-order valence-electron chi connectivity index (χ3n) is 6.64. The fourth-order valence-electron chi connectivity index (χ4n) is 4.71. The number of nitrogens with zero attached hydrogens (tertiary/aromatic N) is 5. The van der Waals surface area contributed by atoms with Crippen LogP contribution in [0.15, 0.2) is 36.4 Å². The minimum Gasteiger partial charge on any atom is -0.497 e. The highest BCUT2D eigenvalue weighted by atomic mass is 16.6. The average molecular weight is 535 g/mol. The monoisotopic (exact) mass is 534 g/mol. The van der Waals surface area contributed by atoms with Crippen molar-refractivity contribution in [1.82, 2.24) is 24.5 Å². The van der Waals surface area contributed by atoms with Crippen molar-refractivity contribution in [2.45, 2.75) is 45.3 Å². The summed E-state index contributed by atoms with van der Waals surface area (Å²) in [5, 5.41) is 9.09. The van der Waals surface area contributed by atoms with Crippen LogP contribution in [0.3, 0.4) is 0 Å². The van der Waals surface area contributed by atoms with Crippen molar-refractivity contribution in [2.24, 2.45) is 0 Å². The van der Waals surface area contributed by atoms with Crippen LogP contribution in [0.25, 0.3) is 16.6 Å². The lowest BCUT2D eigenvalue weighted by Crippen LogP contribution is -2.35. The zero-order valence-corrected chi connectivity index (χ0v) is 23.1. The van der Waals surface area contributed by atoms with Crippen molar-refractivity contribution < 1.29 is 23.7 Å². The number of benzene rings is 2. The number of carbonyl (C=O) groups is 1. The molecular weight excluding hydrogens is 500 g/mol. The van der Waals surface area contributed by atoms with E-state index in [1.807, 2.05) is 57.2 Å². The number of fused-ring (bicyclic) bond motifs is 3. The summed E-state index contributed by atoms with van der Waals surface area (Å²) in [6, 6.07) is 11.4. The molecule has 0 saturated carbocycles. The van der Waals surface area contributed by atoms with E-state index in [0.717, 1.165) is 17.4 Å². The molecule has 39 heavy (non-hydrogen) atoms. The first kappa shape index (κ1) is 26.3. The van der Waals surface area contributed by atoms with Crippen molar-refractivity contribution in [1.29, 1.82) is 0 Å². The Morgan fingerprint density at radius 3 is 2.56 bits per heavy atom. The summed E-state index contributed by atoms with van der Waals surface area (Å²) < 4.78 is 23.8. The molecule has 1 aliphatic rings. The molecule has 1 saturated heterocycles. The van der Waals surface area contributed by atoms with Crippen LogP contribution in [0.2, 0.25) is 0 Å². The van der Waals surface area contributed by atoms with Crippen LogP contribution in [0.5, 0.6) is 17.2 Å². The molecule has 0 unspecified atom stereocenters. The minimum atomic E-state index is -0.548. The van der Waals surface area contributed by atoms with E-state index in [2.05, 4.69) is 5.32 Å². The van der Waals surface area contributed by atoms with Gasteiger partial charge in [-0.25, -0.2) is 14.8 Å². The van der Waals surface area contributed by atoms with Gasteiger partial charge in [-0.15, -0.1) is 5.10 Å². The van der Waals surface area contributed by atoms with Crippen LogP contribution in [0, 0.1) is 0 Å². The van der Waals surface area contributed by atoms with Crippen LogP contribution < -0.4 is 19.5 Å². The maximum absolute atomic E-state index is 12.6. The Bertz CT molecular complexity index is 1510. The van der Waals surface area contributed by atoms with Gasteiger partial charge in [0.1, 0.15) is 28.4 Å². The van der Waals surface area contributed by atoms with Gasteiger partial charge in [0.2, 0.25) is 5.95 Å². The average Bonchev–Trinajstić information content (AvgIpc) is 3.58. The Morgan fingerprint density at radius 2 is 1.85 bits per heavy atom. The number of carbonyl (C=O) groups excluding carboxylic acids is 1. The van der Waals surface area contributed by atoms with E-state index in [0.29, 0.717) is 59.8 Å². The standard InChI is InChI=1S/C28H34N6O5/c1-28(2,3)39-27(35)33-13-12-18(16-33)24-31-25-20-8-7-9-21(37-5)23(20)30-26(34(25)32-24)29-15-17-10-11-19(36-4)14-22(17)38-6/h7-11,14,18H,12-13,15-16H2,1-6H3,(H,29,30)/t18-/m1/s1. The molecule has 1 fully saturated rings. The van der Waals surface area contributed by atoms with Gasteiger partial charge >= 0.3 is 6.09 Å². The first-order valence-electron chi connectivity index (χ1n) is 12.9. The van der Waals surface area contributed by atoms with E-state index in [1.165, 1.54) is 0 Å². The molecule has 5 rings (SSSR count). The number of ether oxygens (including phenoxy) is 4. The molecule has 0 radical (unpaired) electrons. The second kappa shape index (κ2) is 10.5. The Labute approximate surface area is 227 Å². The second-order valence-corrected chi connectivity index (χ2v) is 10.4. The lowest BCUT2D eigenvalue weighted by molar-refractivity contribution is 0.0292. The fourth-order valence-corrected chi connectivity index (χ4v) is 4.71. The van der Waals surface area contributed by atoms with Crippen molar-refractivity contribution in [3.63, 3.8) is 0 Å². The molecule has 0 spiro atoms. The molecule has 2 aromatic heterocycles. The molecule has 4 aromatic rings. The molecule has 2 aromatic carbocycles. The number of para-hydroxylation sites is 1. The molecule has 1 N–H and O–H groups in total. The first-order valence-corrected chi connectivity index (χ1v) is 12.9. The third-order valence-corrected chi connectivity index (χ3v) is 6.64. The zero-order chi connectivity index (χ0) is 27.7. The van der Waals surface area contributed by atoms with E-state index in [1.54, 1.807) is 30.7 Å². The molecule has 3 heterocycles. The summed E-state index contributed by atoms with van der Waals surface area (Å²) in [5.41, 5.74) is 1.72. The molecule has 11 heteroatoms. The molecule has 1 aliphatic heterocycles. The summed E-state index contributed by atoms with van der Waals surface area (Å²) in [5.74, 6) is 3.20. The predicted molar refractivity (Wildman–Crippen MR) is 147 cm³/mol. The smallest absolute Gasteiger partial charge is 0.410 e. The summed E-state index contributed by atoms with van der Waals surface area (Å²) >= 11 is 0. The zero-order valence-electron chi connectivity index (χ0n) is 23.1. The van der Waals surface area contributed by atoms with Gasteiger partial charge in [0.25, 0.3) is 0 Å². The molecular formula is C28H34N6O5. The number of likely N-dealkylation sites (tertiary alicyclic amines) is 1. The molecule has 1 amide bonds. The van der Waals surface area contributed by atoms with Gasteiger partial charge in [-0.3, -0.25) is 0 Å². The maximum Gasteiger partial charge on any atom is 0.410 e. The van der Waals surface area contributed by atoms with Gasteiger partial charge in [-0.2, -0.15) is 4.52 Å². The second-order valence-electron chi connectivity index (χ2n) is 10.4. The van der Waals surface area contributed by atoms with E-state index in [-0.39, 0.29) is 12.0 Å². The highest BCUT2D eigenvalue weighted by Gasteiger charge is 2.33. The highest BCUT2D eigenvalue weighted by molar-refractivity contribution is 5.96. The highest BCUT2D eigenvalue weighted by Crippen LogP contribution is 2.32. The topological polar surface area (TPSA) is 112 Å². The number of anilines is 1. The molecule has 0 bridgehead atoms. The SMILES string of the molecule is COc1ccc(CNc2nc3c(OC)cccc3c3nc([C@@H]4CCN(C(=O)OC(C)(C)C)C4)nn23)c(OC)c1. The lowest BCUT2D eigenvalue weighted by atomic mass is 10.1. The van der Waals surface area contributed by atoms with E-state index >= 15 is 0 Å². The lowest BCUT2D eigenvalue weighted by Gasteiger charge is -2.24.